The van der Waals surface area contributed by atoms with Crippen molar-refractivity contribution in [2.45, 2.75) is 19.8 Å². The molecule has 1 fully saturated rings. The highest BCUT2D eigenvalue weighted by Crippen LogP contribution is 2.26. The molecule has 1 aromatic carbocycles. The van der Waals surface area contributed by atoms with Gasteiger partial charge in [-0.3, -0.25) is 9.69 Å². The number of para-hydroxylation sites is 2. The number of aromatic nitrogens is 1. The third kappa shape index (κ3) is 5.44. The van der Waals surface area contributed by atoms with Gasteiger partial charge in [0.05, 0.1) is 7.11 Å². The van der Waals surface area contributed by atoms with Gasteiger partial charge in [0.2, 0.25) is 5.91 Å². The Morgan fingerprint density at radius 2 is 1.93 bits per heavy atom. The van der Waals surface area contributed by atoms with Crippen molar-refractivity contribution in [3.8, 4) is 11.5 Å². The second-order valence-electron chi connectivity index (χ2n) is 6.83. The van der Waals surface area contributed by atoms with E-state index in [-0.39, 0.29) is 11.8 Å². The number of aryl methyl sites for hydroxylation is 1. The van der Waals surface area contributed by atoms with Crippen molar-refractivity contribution in [2.24, 2.45) is 5.92 Å². The Kier molecular flexibility index (Phi) is 6.65. The zero-order valence-corrected chi connectivity index (χ0v) is 16.0. The predicted molar refractivity (Wildman–Crippen MR) is 105 cm³/mol. The molecule has 1 aromatic heterocycles. The molecule has 0 saturated carbocycles. The molecule has 2 aromatic rings. The largest absolute Gasteiger partial charge is 0.493 e. The van der Waals surface area contributed by atoms with Gasteiger partial charge >= 0.3 is 0 Å². The zero-order valence-electron chi connectivity index (χ0n) is 16.0. The van der Waals surface area contributed by atoms with Gasteiger partial charge in [-0.05, 0) is 56.6 Å². The van der Waals surface area contributed by atoms with Crippen molar-refractivity contribution >= 4 is 11.7 Å². The average Bonchev–Trinajstić information content (AvgIpc) is 2.70. The summed E-state index contributed by atoms with van der Waals surface area (Å²) in [6.07, 6.45) is 3.47. The van der Waals surface area contributed by atoms with Gasteiger partial charge in [-0.25, -0.2) is 4.98 Å². The second kappa shape index (κ2) is 9.37. The number of methoxy groups -OCH3 is 1. The number of ether oxygens (including phenoxy) is 2. The van der Waals surface area contributed by atoms with Crippen molar-refractivity contribution in [3.05, 3.63) is 48.2 Å². The third-order valence-electron chi connectivity index (χ3n) is 4.86. The molecule has 6 heteroatoms. The summed E-state index contributed by atoms with van der Waals surface area (Å²) in [5.74, 6) is 2.24. The van der Waals surface area contributed by atoms with Crippen LogP contribution < -0.4 is 14.8 Å². The lowest BCUT2D eigenvalue weighted by molar-refractivity contribution is -0.121. The first-order valence-corrected chi connectivity index (χ1v) is 9.37. The van der Waals surface area contributed by atoms with E-state index in [1.807, 2.05) is 43.3 Å². The minimum Gasteiger partial charge on any atom is -0.493 e. The van der Waals surface area contributed by atoms with Crippen LogP contribution in [0.1, 0.15) is 18.4 Å². The summed E-state index contributed by atoms with van der Waals surface area (Å²) >= 11 is 0. The average molecular weight is 369 g/mol. The van der Waals surface area contributed by atoms with E-state index in [1.54, 1.807) is 13.3 Å². The lowest BCUT2D eigenvalue weighted by Gasteiger charge is -2.31. The first kappa shape index (κ1) is 19.2. The Morgan fingerprint density at radius 3 is 2.59 bits per heavy atom. The summed E-state index contributed by atoms with van der Waals surface area (Å²) in [6, 6.07) is 11.5. The summed E-state index contributed by atoms with van der Waals surface area (Å²) in [5, 5.41) is 2.92. The number of benzene rings is 1. The normalized spacial score (nSPS) is 15.3. The number of amides is 1. The van der Waals surface area contributed by atoms with Gasteiger partial charge in [-0.15, -0.1) is 0 Å². The number of hydrogen-bond acceptors (Lipinski definition) is 5. The number of nitrogens with zero attached hydrogens (tertiary/aromatic N) is 2. The van der Waals surface area contributed by atoms with Gasteiger partial charge in [0.1, 0.15) is 12.4 Å². The monoisotopic (exact) mass is 369 g/mol. The summed E-state index contributed by atoms with van der Waals surface area (Å²) in [7, 11) is 1.64. The molecule has 1 aliphatic heterocycles. The standard InChI is InChI=1S/C21H27N3O3/c1-16-7-8-20(22-15-16)23-21(25)17-9-11-24(12-10-17)13-14-27-19-6-4-3-5-18(19)26-2/h3-8,15,17H,9-14H2,1-2H3,(H,22,23,25). The van der Waals surface area contributed by atoms with Crippen LogP contribution in [0.3, 0.4) is 0 Å². The highest BCUT2D eigenvalue weighted by molar-refractivity contribution is 5.91. The third-order valence-corrected chi connectivity index (χ3v) is 4.86. The number of anilines is 1. The number of piperidine rings is 1. The molecule has 2 heterocycles. The molecule has 0 bridgehead atoms. The maximum atomic E-state index is 12.4. The van der Waals surface area contributed by atoms with E-state index in [2.05, 4.69) is 15.2 Å². The van der Waals surface area contributed by atoms with Gasteiger partial charge in [0.15, 0.2) is 11.5 Å². The van der Waals surface area contributed by atoms with E-state index < -0.39 is 0 Å². The fourth-order valence-electron chi connectivity index (χ4n) is 3.21. The van der Waals surface area contributed by atoms with Crippen LogP contribution in [0.5, 0.6) is 11.5 Å². The van der Waals surface area contributed by atoms with Crippen LogP contribution in [0.2, 0.25) is 0 Å². The predicted octanol–water partition coefficient (Wildman–Crippen LogP) is 3.13. The number of carbonyl (C=O) groups is 1. The Hall–Kier alpha value is -2.60. The first-order chi connectivity index (χ1) is 13.2. The Bertz CT molecular complexity index is 741. The van der Waals surface area contributed by atoms with Crippen molar-refractivity contribution in [3.63, 3.8) is 0 Å². The number of rotatable bonds is 7. The first-order valence-electron chi connectivity index (χ1n) is 9.37. The van der Waals surface area contributed by atoms with Gasteiger partial charge in [-0.2, -0.15) is 0 Å². The lowest BCUT2D eigenvalue weighted by Crippen LogP contribution is -2.40. The Morgan fingerprint density at radius 1 is 1.19 bits per heavy atom. The fraction of sp³-hybridized carbons (Fsp3) is 0.429. The quantitative estimate of drug-likeness (QED) is 0.812. The van der Waals surface area contributed by atoms with Gasteiger partial charge in [0, 0.05) is 18.7 Å². The second-order valence-corrected chi connectivity index (χ2v) is 6.83. The van der Waals surface area contributed by atoms with Crippen LogP contribution in [0, 0.1) is 12.8 Å². The Labute approximate surface area is 160 Å². The number of hydrogen-bond donors (Lipinski definition) is 1. The molecular formula is C21H27N3O3. The zero-order chi connectivity index (χ0) is 19.1. The molecule has 27 heavy (non-hydrogen) atoms. The van der Waals surface area contributed by atoms with Crippen LogP contribution in [0.25, 0.3) is 0 Å². The van der Waals surface area contributed by atoms with E-state index in [9.17, 15) is 4.79 Å². The SMILES string of the molecule is COc1ccccc1OCCN1CCC(C(=O)Nc2ccc(C)cn2)CC1. The molecule has 0 radical (unpaired) electrons. The van der Waals surface area contributed by atoms with Crippen LogP contribution >= 0.6 is 0 Å². The van der Waals surface area contributed by atoms with E-state index >= 15 is 0 Å². The number of likely N-dealkylation sites (tertiary alicyclic amines) is 1. The summed E-state index contributed by atoms with van der Waals surface area (Å²) < 4.78 is 11.1. The Balaban J connectivity index is 1.39. The highest BCUT2D eigenvalue weighted by atomic mass is 16.5. The van der Waals surface area contributed by atoms with E-state index in [4.69, 9.17) is 9.47 Å². The number of carbonyl (C=O) groups excluding carboxylic acids is 1. The van der Waals surface area contributed by atoms with Crippen LogP contribution in [0.4, 0.5) is 5.82 Å². The molecule has 6 nitrogen and oxygen atoms in total. The van der Waals surface area contributed by atoms with Gasteiger partial charge < -0.3 is 14.8 Å². The van der Waals surface area contributed by atoms with Gasteiger partial charge in [-0.1, -0.05) is 18.2 Å². The molecule has 144 valence electrons. The van der Waals surface area contributed by atoms with E-state index in [1.165, 1.54) is 0 Å². The van der Waals surface area contributed by atoms with Crippen LogP contribution in [-0.2, 0) is 4.79 Å². The molecule has 0 unspecified atom stereocenters. The summed E-state index contributed by atoms with van der Waals surface area (Å²) in [5.41, 5.74) is 1.08. The molecule has 1 saturated heterocycles. The summed E-state index contributed by atoms with van der Waals surface area (Å²) in [6.45, 7) is 5.21. The number of nitrogens with one attached hydrogen (secondary N) is 1. The molecule has 0 aliphatic carbocycles. The highest BCUT2D eigenvalue weighted by Gasteiger charge is 2.25. The molecule has 3 rings (SSSR count). The van der Waals surface area contributed by atoms with Gasteiger partial charge in [0.25, 0.3) is 0 Å². The fourth-order valence-corrected chi connectivity index (χ4v) is 3.21. The molecule has 1 amide bonds. The minimum atomic E-state index is 0.0412. The molecule has 0 atom stereocenters. The maximum Gasteiger partial charge on any atom is 0.228 e. The number of pyridine rings is 1. The van der Waals surface area contributed by atoms with Crippen molar-refractivity contribution in [1.82, 2.24) is 9.88 Å². The smallest absolute Gasteiger partial charge is 0.228 e. The van der Waals surface area contributed by atoms with Crippen molar-refractivity contribution in [2.75, 3.05) is 38.7 Å². The van der Waals surface area contributed by atoms with Crippen molar-refractivity contribution < 1.29 is 14.3 Å². The minimum absolute atomic E-state index is 0.0412. The molecular weight excluding hydrogens is 342 g/mol. The van der Waals surface area contributed by atoms with E-state index in [0.29, 0.717) is 12.4 Å². The maximum absolute atomic E-state index is 12.4. The summed E-state index contributed by atoms with van der Waals surface area (Å²) in [4.78, 5) is 19.0. The van der Waals surface area contributed by atoms with Crippen LogP contribution in [-0.4, -0.2) is 49.1 Å². The molecule has 0 spiro atoms. The van der Waals surface area contributed by atoms with Crippen molar-refractivity contribution in [1.29, 1.82) is 0 Å². The molecule has 1 aliphatic rings. The topological polar surface area (TPSA) is 63.7 Å². The van der Waals surface area contributed by atoms with E-state index in [0.717, 1.165) is 49.5 Å². The lowest BCUT2D eigenvalue weighted by atomic mass is 9.96. The molecule has 1 N–H and O–H groups in total. The van der Waals surface area contributed by atoms with Crippen LogP contribution in [0.15, 0.2) is 42.6 Å².